The van der Waals surface area contributed by atoms with Crippen LogP contribution in [0.4, 0.5) is 0 Å². The van der Waals surface area contributed by atoms with E-state index in [0.29, 0.717) is 59.5 Å². The van der Waals surface area contributed by atoms with Crippen molar-refractivity contribution in [1.29, 1.82) is 5.26 Å². The van der Waals surface area contributed by atoms with Gasteiger partial charge in [-0.25, -0.2) is 18.4 Å². The van der Waals surface area contributed by atoms with Gasteiger partial charge in [-0.05, 0) is 75.0 Å². The lowest BCUT2D eigenvalue weighted by Crippen LogP contribution is -2.34. The van der Waals surface area contributed by atoms with Gasteiger partial charge in [0.1, 0.15) is 11.6 Å². The number of sulfonamides is 1. The quantitative estimate of drug-likeness (QED) is 0.264. The molecular formula is C32H33N7O4S. The highest BCUT2D eigenvalue weighted by Gasteiger charge is 2.34. The zero-order valence-corrected chi connectivity index (χ0v) is 25.6. The molecule has 44 heavy (non-hydrogen) atoms. The minimum atomic E-state index is -3.78. The molecule has 0 spiro atoms. The average molecular weight is 612 g/mol. The van der Waals surface area contributed by atoms with E-state index < -0.39 is 10.0 Å². The summed E-state index contributed by atoms with van der Waals surface area (Å²) in [6.45, 7) is 3.77. The molecule has 12 heteroatoms. The maximum Gasteiger partial charge on any atom is 0.259 e. The molecule has 3 heterocycles. The molecule has 1 N–H and O–H groups in total. The molecule has 1 unspecified atom stereocenters. The summed E-state index contributed by atoms with van der Waals surface area (Å²) >= 11 is 0. The van der Waals surface area contributed by atoms with Crippen LogP contribution in [0.15, 0.2) is 70.6 Å². The van der Waals surface area contributed by atoms with E-state index in [1.54, 1.807) is 42.7 Å². The summed E-state index contributed by atoms with van der Waals surface area (Å²) in [5, 5.41) is 9.46. The zero-order chi connectivity index (χ0) is 31.0. The average Bonchev–Trinajstić information content (AvgIpc) is 3.68. The first-order valence-corrected chi connectivity index (χ1v) is 15.9. The normalized spacial score (nSPS) is 15.8. The summed E-state index contributed by atoms with van der Waals surface area (Å²) in [6.07, 6.45) is 3.22. The van der Waals surface area contributed by atoms with Gasteiger partial charge in [-0.3, -0.25) is 4.79 Å². The van der Waals surface area contributed by atoms with Crippen molar-refractivity contribution in [1.82, 2.24) is 28.7 Å². The van der Waals surface area contributed by atoms with Gasteiger partial charge in [0.15, 0.2) is 0 Å². The second kappa shape index (κ2) is 11.8. The highest BCUT2D eigenvalue weighted by Crippen LogP contribution is 2.33. The van der Waals surface area contributed by atoms with Crippen LogP contribution in [0.3, 0.4) is 0 Å². The number of likely N-dealkylation sites (N-methyl/N-ethyl adjacent to an activating group) is 1. The number of fused-ring (bicyclic) bond motifs is 2. The summed E-state index contributed by atoms with van der Waals surface area (Å²) in [4.78, 5) is 27.8. The molecule has 3 aromatic carbocycles. The molecule has 0 aliphatic carbocycles. The van der Waals surface area contributed by atoms with Crippen molar-refractivity contribution in [3.63, 3.8) is 0 Å². The Morgan fingerprint density at radius 2 is 1.91 bits per heavy atom. The number of rotatable bonds is 9. The van der Waals surface area contributed by atoms with Crippen LogP contribution in [0, 0.1) is 11.3 Å². The highest BCUT2D eigenvalue weighted by molar-refractivity contribution is 7.89. The number of imidazole rings is 1. The van der Waals surface area contributed by atoms with E-state index in [1.165, 1.54) is 10.4 Å². The Morgan fingerprint density at radius 1 is 1.11 bits per heavy atom. The molecule has 0 radical (unpaired) electrons. The van der Waals surface area contributed by atoms with E-state index in [0.717, 1.165) is 23.9 Å². The van der Waals surface area contributed by atoms with Crippen LogP contribution in [0.5, 0.6) is 5.75 Å². The maximum absolute atomic E-state index is 13.7. The molecule has 1 saturated heterocycles. The molecule has 11 nitrogen and oxygen atoms in total. The third kappa shape index (κ3) is 5.57. The Balaban J connectivity index is 1.39. The van der Waals surface area contributed by atoms with Crippen LogP contribution in [0.25, 0.3) is 33.3 Å². The molecule has 1 fully saturated rings. The summed E-state index contributed by atoms with van der Waals surface area (Å²) in [6, 6.07) is 17.8. The van der Waals surface area contributed by atoms with Crippen LogP contribution < -0.4 is 10.3 Å². The molecule has 0 saturated carbocycles. The first-order chi connectivity index (χ1) is 21.2. The van der Waals surface area contributed by atoms with E-state index in [-0.39, 0.29) is 22.3 Å². The molecule has 0 bridgehead atoms. The molecule has 1 atom stereocenters. The second-order valence-corrected chi connectivity index (χ2v) is 13.2. The number of ether oxygens (including phenoxy) is 1. The highest BCUT2D eigenvalue weighted by atomic mass is 32.2. The van der Waals surface area contributed by atoms with Crippen molar-refractivity contribution in [3.8, 4) is 23.2 Å². The number of aromatic amines is 1. The number of hydrogen-bond donors (Lipinski definition) is 1. The van der Waals surface area contributed by atoms with Gasteiger partial charge < -0.3 is 19.2 Å². The Bertz CT molecular complexity index is 2060. The van der Waals surface area contributed by atoms with Crippen molar-refractivity contribution in [3.05, 3.63) is 82.4 Å². The van der Waals surface area contributed by atoms with Crippen molar-refractivity contribution < 1.29 is 13.2 Å². The SMILES string of the molecule is CCCOc1ccc(S(=O)(=O)N2CCC(N(C)C)C2)cc1-c1nc2cc3ncn(Cc4ccc(C#N)cc4)c3cc2c(=O)[nH]1. The number of nitrogens with zero attached hydrogens (tertiary/aromatic N) is 6. The van der Waals surface area contributed by atoms with Gasteiger partial charge in [-0.15, -0.1) is 0 Å². The smallest absolute Gasteiger partial charge is 0.259 e. The third-order valence-electron chi connectivity index (χ3n) is 8.05. The lowest BCUT2D eigenvalue weighted by Gasteiger charge is -2.21. The first-order valence-electron chi connectivity index (χ1n) is 14.5. The van der Waals surface area contributed by atoms with E-state index in [9.17, 15) is 13.2 Å². The number of aromatic nitrogens is 4. The van der Waals surface area contributed by atoms with Crippen LogP contribution in [-0.4, -0.2) is 77.0 Å². The number of benzene rings is 3. The molecular weight excluding hydrogens is 578 g/mol. The minimum absolute atomic E-state index is 0.121. The fourth-order valence-electron chi connectivity index (χ4n) is 5.52. The lowest BCUT2D eigenvalue weighted by atomic mass is 10.1. The fraction of sp³-hybridized carbons (Fsp3) is 0.312. The third-order valence-corrected chi connectivity index (χ3v) is 9.91. The van der Waals surface area contributed by atoms with Crippen LogP contribution in [0.1, 0.15) is 30.9 Å². The zero-order valence-electron chi connectivity index (χ0n) is 24.8. The first kappa shape index (κ1) is 29.5. The molecule has 2 aromatic heterocycles. The number of hydrogen-bond acceptors (Lipinski definition) is 8. The molecule has 1 aliphatic heterocycles. The van der Waals surface area contributed by atoms with Gasteiger partial charge in [-0.2, -0.15) is 9.57 Å². The molecule has 1 aliphatic rings. The Morgan fingerprint density at radius 3 is 2.61 bits per heavy atom. The van der Waals surface area contributed by atoms with Crippen molar-refractivity contribution in [2.75, 3.05) is 33.8 Å². The van der Waals surface area contributed by atoms with Crippen LogP contribution in [0.2, 0.25) is 0 Å². The van der Waals surface area contributed by atoms with Crippen molar-refractivity contribution in [2.24, 2.45) is 0 Å². The van der Waals surface area contributed by atoms with Gasteiger partial charge in [0.2, 0.25) is 10.0 Å². The van der Waals surface area contributed by atoms with Gasteiger partial charge in [0.25, 0.3) is 5.56 Å². The number of H-pyrrole nitrogens is 1. The Kier molecular flexibility index (Phi) is 7.94. The van der Waals surface area contributed by atoms with E-state index >= 15 is 0 Å². The minimum Gasteiger partial charge on any atom is -0.493 e. The number of nitrogens with one attached hydrogen (secondary N) is 1. The maximum atomic E-state index is 13.7. The monoisotopic (exact) mass is 611 g/mol. The Labute approximate surface area is 255 Å². The van der Waals surface area contributed by atoms with Crippen molar-refractivity contribution >= 4 is 32.0 Å². The van der Waals surface area contributed by atoms with Gasteiger partial charge >= 0.3 is 0 Å². The summed E-state index contributed by atoms with van der Waals surface area (Å²) in [7, 11) is 0.126. The second-order valence-electron chi connectivity index (χ2n) is 11.2. The van der Waals surface area contributed by atoms with E-state index in [1.807, 2.05) is 42.6 Å². The number of nitriles is 1. The van der Waals surface area contributed by atoms with Crippen LogP contribution >= 0.6 is 0 Å². The largest absolute Gasteiger partial charge is 0.493 e. The molecule has 5 aromatic rings. The summed E-state index contributed by atoms with van der Waals surface area (Å²) < 4.78 is 36.7. The summed E-state index contributed by atoms with van der Waals surface area (Å²) in [5.74, 6) is 0.656. The van der Waals surface area contributed by atoms with Gasteiger partial charge in [-0.1, -0.05) is 19.1 Å². The Hall–Kier alpha value is -4.57. The fourth-order valence-corrected chi connectivity index (χ4v) is 7.04. The van der Waals surface area contributed by atoms with Gasteiger partial charge in [0, 0.05) is 25.7 Å². The van der Waals surface area contributed by atoms with E-state index in [4.69, 9.17) is 15.0 Å². The van der Waals surface area contributed by atoms with Crippen LogP contribution in [-0.2, 0) is 16.6 Å². The predicted octanol–water partition coefficient (Wildman–Crippen LogP) is 3.97. The van der Waals surface area contributed by atoms with Crippen molar-refractivity contribution in [2.45, 2.75) is 37.2 Å². The standard InChI is InChI=1S/C32H33N7O4S/c1-4-13-43-30-10-9-24(44(41,42)39-12-11-23(19-39)37(2)3)14-26(30)31-35-27-16-28-29(15-25(27)32(40)36-31)38(20-34-28)18-22-7-5-21(17-33)6-8-22/h5-10,14-16,20,23H,4,11-13,18-19H2,1-3H3,(H,35,36,40). The predicted molar refractivity (Wildman–Crippen MR) is 168 cm³/mol. The molecule has 6 rings (SSSR count). The topological polar surface area (TPSA) is 137 Å². The van der Waals surface area contributed by atoms with Gasteiger partial charge in [0.05, 0.1) is 57.0 Å². The molecule has 0 amide bonds. The summed E-state index contributed by atoms with van der Waals surface area (Å²) in [5.41, 5.74) is 3.48. The molecule has 226 valence electrons. The lowest BCUT2D eigenvalue weighted by molar-refractivity contribution is 0.302. The van der Waals surface area contributed by atoms with E-state index in [2.05, 4.69) is 16.0 Å².